The molecule has 8 heteroatoms. The predicted molar refractivity (Wildman–Crippen MR) is 125 cm³/mol. The molecule has 0 aliphatic carbocycles. The molecule has 1 atom stereocenters. The van der Waals surface area contributed by atoms with Crippen molar-refractivity contribution in [2.45, 2.75) is 53.2 Å². The van der Waals surface area contributed by atoms with Crippen LogP contribution in [0, 0.1) is 20.8 Å². The number of nitrogens with zero attached hydrogens (tertiary/aromatic N) is 3. The molecule has 0 bridgehead atoms. The van der Waals surface area contributed by atoms with E-state index in [1.165, 1.54) is 21.0 Å². The van der Waals surface area contributed by atoms with E-state index in [1.54, 1.807) is 14.2 Å². The minimum absolute atomic E-state index is 0. The largest absolute Gasteiger partial charge is 0.383 e. The maximum absolute atomic E-state index is 5.15. The van der Waals surface area contributed by atoms with Crippen LogP contribution in [0.2, 0.25) is 0 Å². The SMILES string of the molecule is CN=C(NCc1c(C)nn(CCOC)c1C)NC(C)Cc1ccc(C)s1.I. The Hall–Kier alpha value is -1.13. The van der Waals surface area contributed by atoms with Gasteiger partial charge < -0.3 is 15.4 Å². The molecule has 1 unspecified atom stereocenters. The number of rotatable bonds is 8. The van der Waals surface area contributed by atoms with Gasteiger partial charge in [0.15, 0.2) is 5.96 Å². The second-order valence-electron chi connectivity index (χ2n) is 6.55. The van der Waals surface area contributed by atoms with Crippen LogP contribution in [-0.2, 0) is 24.2 Å². The van der Waals surface area contributed by atoms with Crippen molar-refractivity contribution >= 4 is 41.3 Å². The molecule has 0 spiro atoms. The van der Waals surface area contributed by atoms with E-state index < -0.39 is 0 Å². The van der Waals surface area contributed by atoms with Gasteiger partial charge in [-0.25, -0.2) is 0 Å². The van der Waals surface area contributed by atoms with Crippen LogP contribution < -0.4 is 10.6 Å². The number of hydrogen-bond donors (Lipinski definition) is 2. The lowest BCUT2D eigenvalue weighted by atomic mass is 10.2. The molecule has 0 aliphatic heterocycles. The van der Waals surface area contributed by atoms with E-state index in [4.69, 9.17) is 4.74 Å². The average molecular weight is 505 g/mol. The Balaban J connectivity index is 0.00000364. The molecule has 2 aromatic heterocycles. The molecule has 27 heavy (non-hydrogen) atoms. The van der Waals surface area contributed by atoms with Gasteiger partial charge in [0.1, 0.15) is 0 Å². The molecule has 2 N–H and O–H groups in total. The lowest BCUT2D eigenvalue weighted by molar-refractivity contribution is 0.182. The number of halogens is 1. The topological polar surface area (TPSA) is 63.5 Å². The number of ether oxygens (including phenoxy) is 1. The third kappa shape index (κ3) is 7.08. The second-order valence-corrected chi connectivity index (χ2v) is 7.93. The van der Waals surface area contributed by atoms with Gasteiger partial charge in [-0.3, -0.25) is 9.67 Å². The molecule has 0 radical (unpaired) electrons. The number of aromatic nitrogens is 2. The molecule has 0 fully saturated rings. The van der Waals surface area contributed by atoms with Crippen LogP contribution in [0.15, 0.2) is 17.1 Å². The number of aryl methyl sites for hydroxylation is 2. The summed E-state index contributed by atoms with van der Waals surface area (Å²) in [5, 5.41) is 11.5. The highest BCUT2D eigenvalue weighted by molar-refractivity contribution is 14.0. The minimum atomic E-state index is 0. The van der Waals surface area contributed by atoms with Gasteiger partial charge in [-0.15, -0.1) is 35.3 Å². The number of thiophene rings is 1. The summed E-state index contributed by atoms with van der Waals surface area (Å²) >= 11 is 1.85. The van der Waals surface area contributed by atoms with Crippen LogP contribution in [0.25, 0.3) is 0 Å². The van der Waals surface area contributed by atoms with E-state index in [2.05, 4.69) is 53.6 Å². The Morgan fingerprint density at radius 1 is 1.33 bits per heavy atom. The third-order valence-corrected chi connectivity index (χ3v) is 5.40. The van der Waals surface area contributed by atoms with Gasteiger partial charge in [-0.1, -0.05) is 0 Å². The zero-order valence-corrected chi connectivity index (χ0v) is 20.3. The number of aliphatic imine (C=N–C) groups is 1. The second kappa shape index (κ2) is 11.7. The van der Waals surface area contributed by atoms with E-state index in [1.807, 2.05) is 22.9 Å². The third-order valence-electron chi connectivity index (χ3n) is 4.38. The van der Waals surface area contributed by atoms with Crippen molar-refractivity contribution in [1.82, 2.24) is 20.4 Å². The number of methoxy groups -OCH3 is 1. The number of hydrogen-bond acceptors (Lipinski definition) is 4. The van der Waals surface area contributed by atoms with Crippen molar-refractivity contribution in [2.75, 3.05) is 20.8 Å². The Bertz CT molecular complexity index is 741. The van der Waals surface area contributed by atoms with Crippen LogP contribution in [0.4, 0.5) is 0 Å². The number of guanidine groups is 1. The van der Waals surface area contributed by atoms with Crippen LogP contribution >= 0.6 is 35.3 Å². The molecule has 0 aliphatic rings. The molecule has 0 saturated carbocycles. The van der Waals surface area contributed by atoms with Gasteiger partial charge in [-0.2, -0.15) is 5.10 Å². The molecule has 0 saturated heterocycles. The van der Waals surface area contributed by atoms with E-state index in [0.717, 1.165) is 24.6 Å². The summed E-state index contributed by atoms with van der Waals surface area (Å²) in [4.78, 5) is 7.10. The summed E-state index contributed by atoms with van der Waals surface area (Å²) in [6, 6.07) is 4.69. The Labute approximate surface area is 183 Å². The normalized spacial score (nSPS) is 12.6. The maximum Gasteiger partial charge on any atom is 0.191 e. The molecule has 0 aromatic carbocycles. The lowest BCUT2D eigenvalue weighted by Crippen LogP contribution is -2.42. The van der Waals surface area contributed by atoms with Gasteiger partial charge in [0.05, 0.1) is 18.8 Å². The highest BCUT2D eigenvalue weighted by Gasteiger charge is 2.13. The van der Waals surface area contributed by atoms with Crippen molar-refractivity contribution in [3.8, 4) is 0 Å². The molecule has 6 nitrogen and oxygen atoms in total. The highest BCUT2D eigenvalue weighted by atomic mass is 127. The monoisotopic (exact) mass is 505 g/mol. The molecule has 2 rings (SSSR count). The molecule has 0 amide bonds. The van der Waals surface area contributed by atoms with Crippen LogP contribution in [0.5, 0.6) is 0 Å². The van der Waals surface area contributed by atoms with Crippen molar-refractivity contribution in [3.63, 3.8) is 0 Å². The predicted octanol–water partition coefficient (Wildman–Crippen LogP) is 3.43. The quantitative estimate of drug-likeness (QED) is 0.328. The van der Waals surface area contributed by atoms with Gasteiger partial charge in [0.2, 0.25) is 0 Å². The van der Waals surface area contributed by atoms with E-state index in [0.29, 0.717) is 19.2 Å². The molecule has 152 valence electrons. The van der Waals surface area contributed by atoms with Crippen molar-refractivity contribution in [1.29, 1.82) is 0 Å². The summed E-state index contributed by atoms with van der Waals surface area (Å²) in [5.41, 5.74) is 3.43. The van der Waals surface area contributed by atoms with Crippen molar-refractivity contribution < 1.29 is 4.74 Å². The maximum atomic E-state index is 5.15. The molecule has 2 aromatic rings. The fourth-order valence-corrected chi connectivity index (χ4v) is 3.95. The first-order chi connectivity index (χ1) is 12.4. The first kappa shape index (κ1) is 23.9. The van der Waals surface area contributed by atoms with E-state index >= 15 is 0 Å². The highest BCUT2D eigenvalue weighted by Crippen LogP contribution is 2.17. The summed E-state index contributed by atoms with van der Waals surface area (Å²) < 4.78 is 7.16. The fraction of sp³-hybridized carbons (Fsp3) is 0.579. The van der Waals surface area contributed by atoms with Crippen LogP contribution in [-0.4, -0.2) is 42.5 Å². The standard InChI is InChI=1S/C19H31N5OS.HI/c1-13(11-17-8-7-14(2)26-17)22-19(20-5)21-12-18-15(3)23-24(16(18)4)9-10-25-6;/h7-8,13H,9-12H2,1-6H3,(H2,20,21,22);1H. The van der Waals surface area contributed by atoms with Gasteiger partial charge in [-0.05, 0) is 39.8 Å². The zero-order chi connectivity index (χ0) is 19.1. The number of nitrogens with one attached hydrogen (secondary N) is 2. The summed E-state index contributed by atoms with van der Waals surface area (Å²) in [5.74, 6) is 0.814. The first-order valence-electron chi connectivity index (χ1n) is 8.99. The molecular formula is C19H32IN5OS. The van der Waals surface area contributed by atoms with E-state index in [9.17, 15) is 0 Å². The Kier molecular flexibility index (Phi) is 10.3. The average Bonchev–Trinajstić information content (AvgIpc) is 3.12. The molecular weight excluding hydrogens is 473 g/mol. The Morgan fingerprint density at radius 3 is 2.67 bits per heavy atom. The van der Waals surface area contributed by atoms with Gasteiger partial charge in [0, 0.05) is 54.2 Å². The summed E-state index contributed by atoms with van der Waals surface area (Å²) in [6.07, 6.45) is 0.992. The smallest absolute Gasteiger partial charge is 0.191 e. The van der Waals surface area contributed by atoms with Crippen molar-refractivity contribution in [2.24, 2.45) is 4.99 Å². The Morgan fingerprint density at radius 2 is 2.07 bits per heavy atom. The van der Waals surface area contributed by atoms with Crippen LogP contribution in [0.1, 0.15) is 33.6 Å². The fourth-order valence-electron chi connectivity index (χ4n) is 2.93. The lowest BCUT2D eigenvalue weighted by Gasteiger charge is -2.17. The van der Waals surface area contributed by atoms with E-state index in [-0.39, 0.29) is 24.0 Å². The van der Waals surface area contributed by atoms with Gasteiger partial charge in [0.25, 0.3) is 0 Å². The zero-order valence-electron chi connectivity index (χ0n) is 17.1. The first-order valence-corrected chi connectivity index (χ1v) is 9.80. The van der Waals surface area contributed by atoms with Gasteiger partial charge >= 0.3 is 0 Å². The van der Waals surface area contributed by atoms with Crippen molar-refractivity contribution in [3.05, 3.63) is 38.8 Å². The minimum Gasteiger partial charge on any atom is -0.383 e. The van der Waals surface area contributed by atoms with Crippen LogP contribution in [0.3, 0.4) is 0 Å². The molecule has 2 heterocycles. The summed E-state index contributed by atoms with van der Waals surface area (Å²) in [7, 11) is 3.52. The summed E-state index contributed by atoms with van der Waals surface area (Å²) in [6.45, 7) is 10.6.